The third kappa shape index (κ3) is 2.24. The van der Waals surface area contributed by atoms with Crippen LogP contribution in [-0.4, -0.2) is 23.3 Å². The average Bonchev–Trinajstić information content (AvgIpc) is 2.74. The lowest BCUT2D eigenvalue weighted by Crippen LogP contribution is -2.43. The van der Waals surface area contributed by atoms with Gasteiger partial charge >= 0.3 is 0 Å². The number of nitrogens with zero attached hydrogens (tertiary/aromatic N) is 2. The van der Waals surface area contributed by atoms with E-state index < -0.39 is 35.4 Å². The van der Waals surface area contributed by atoms with E-state index in [1.165, 1.54) is 31.2 Å². The molecule has 3 rings (SSSR count). The molecule has 1 aliphatic heterocycles. The average molecular weight is 352 g/mol. The number of pyridine rings is 1. The highest BCUT2D eigenvalue weighted by atomic mass is 35.5. The second-order valence-corrected chi connectivity index (χ2v) is 5.99. The lowest BCUT2D eigenvalue weighted by molar-refractivity contribution is -0.124. The van der Waals surface area contributed by atoms with Crippen molar-refractivity contribution in [2.45, 2.75) is 12.3 Å². The molecule has 0 aliphatic carbocycles. The zero-order valence-electron chi connectivity index (χ0n) is 12.5. The van der Waals surface area contributed by atoms with Gasteiger partial charge in [-0.1, -0.05) is 23.7 Å². The molecule has 5 nitrogen and oxygen atoms in total. The van der Waals surface area contributed by atoms with Crippen molar-refractivity contribution < 1.29 is 18.4 Å². The number of aromatic nitrogens is 1. The van der Waals surface area contributed by atoms with Gasteiger partial charge in [-0.15, -0.1) is 0 Å². The second kappa shape index (κ2) is 5.52. The first-order valence-corrected chi connectivity index (χ1v) is 7.35. The smallest absolute Gasteiger partial charge is 0.243 e. The van der Waals surface area contributed by atoms with Crippen LogP contribution in [0.15, 0.2) is 30.5 Å². The van der Waals surface area contributed by atoms with Crippen LogP contribution in [0.2, 0.25) is 5.02 Å². The number of anilines is 1. The monoisotopic (exact) mass is 351 g/mol. The first kappa shape index (κ1) is 16.3. The summed E-state index contributed by atoms with van der Waals surface area (Å²) < 4.78 is 27.2. The van der Waals surface area contributed by atoms with Crippen LogP contribution in [-0.2, 0) is 15.0 Å². The topological polar surface area (TPSA) is 76.3 Å². The van der Waals surface area contributed by atoms with Gasteiger partial charge in [-0.2, -0.15) is 0 Å². The molecule has 1 aromatic carbocycles. The highest BCUT2D eigenvalue weighted by molar-refractivity contribution is 6.33. The Kier molecular flexibility index (Phi) is 3.76. The molecule has 1 aliphatic rings. The largest absolute Gasteiger partial charge is 0.368 e. The normalized spacial score (nSPS) is 19.5. The van der Waals surface area contributed by atoms with E-state index in [1.807, 2.05) is 0 Å². The molecule has 0 spiro atoms. The van der Waals surface area contributed by atoms with Crippen molar-refractivity contribution in [1.82, 2.24) is 4.98 Å². The highest BCUT2D eigenvalue weighted by Gasteiger charge is 2.51. The Hall–Kier alpha value is -2.54. The molecule has 0 fully saturated rings. The minimum Gasteiger partial charge on any atom is -0.368 e. The summed E-state index contributed by atoms with van der Waals surface area (Å²) in [5, 5.41) is -0.271. The van der Waals surface area contributed by atoms with Gasteiger partial charge in [0.1, 0.15) is 23.6 Å². The van der Waals surface area contributed by atoms with Crippen molar-refractivity contribution in [2.75, 3.05) is 11.4 Å². The van der Waals surface area contributed by atoms with Gasteiger partial charge in [0.05, 0.1) is 11.2 Å². The molecule has 0 radical (unpaired) electrons. The summed E-state index contributed by atoms with van der Waals surface area (Å²) in [6.45, 7) is 1.10. The zero-order chi connectivity index (χ0) is 17.6. The molecule has 8 heteroatoms. The van der Waals surface area contributed by atoms with Crippen molar-refractivity contribution >= 4 is 29.2 Å². The lowest BCUT2D eigenvalue weighted by atomic mass is 9.77. The van der Waals surface area contributed by atoms with Crippen LogP contribution >= 0.6 is 11.6 Å². The van der Waals surface area contributed by atoms with Gasteiger partial charge in [-0.3, -0.25) is 14.5 Å². The number of rotatable bonds is 3. The molecule has 2 heterocycles. The summed E-state index contributed by atoms with van der Waals surface area (Å²) in [5.74, 6) is -2.50. The van der Waals surface area contributed by atoms with Crippen molar-refractivity contribution in [2.24, 2.45) is 5.73 Å². The summed E-state index contributed by atoms with van der Waals surface area (Å²) in [6.07, 6.45) is 0.874. The van der Waals surface area contributed by atoms with E-state index in [2.05, 4.69) is 4.98 Å². The van der Waals surface area contributed by atoms with Crippen LogP contribution in [0.5, 0.6) is 0 Å². The fraction of sp³-hybridized carbons (Fsp3) is 0.188. The van der Waals surface area contributed by atoms with Gasteiger partial charge in [-0.05, 0) is 24.6 Å². The second-order valence-electron chi connectivity index (χ2n) is 5.61. The zero-order valence-corrected chi connectivity index (χ0v) is 13.3. The number of carbonyl (C=O) groups excluding carboxylic acids is 2. The summed E-state index contributed by atoms with van der Waals surface area (Å²) in [5.41, 5.74) is 4.30. The molecule has 2 aromatic rings. The van der Waals surface area contributed by atoms with Gasteiger partial charge in [-0.25, -0.2) is 13.8 Å². The standard InChI is InChI=1S/C16H12ClF2N3O2/c1-16(8-2-4-9(18)5-3-8)12-13(17)10(19)6-21-14(12)22(15(16)24)7-11(20)23/h2-6H,7H2,1H3,(H2,20,23)/t16-/m1/s1. The van der Waals surface area contributed by atoms with E-state index >= 15 is 0 Å². The fourth-order valence-corrected chi connectivity index (χ4v) is 3.25. The third-order valence-corrected chi connectivity index (χ3v) is 4.49. The maximum atomic E-state index is 13.9. The molecule has 0 unspecified atom stereocenters. The van der Waals surface area contributed by atoms with Crippen LogP contribution in [0.25, 0.3) is 0 Å². The number of fused-ring (bicyclic) bond motifs is 1. The number of nitrogens with two attached hydrogens (primary N) is 1. The van der Waals surface area contributed by atoms with Crippen molar-refractivity contribution in [3.05, 3.63) is 58.2 Å². The molecule has 124 valence electrons. The Morgan fingerprint density at radius 2 is 1.96 bits per heavy atom. The van der Waals surface area contributed by atoms with Gasteiger partial charge in [0.25, 0.3) is 0 Å². The van der Waals surface area contributed by atoms with Crippen molar-refractivity contribution in [1.29, 1.82) is 0 Å². The molecule has 0 saturated carbocycles. The first-order valence-electron chi connectivity index (χ1n) is 6.97. The number of carbonyl (C=O) groups is 2. The van der Waals surface area contributed by atoms with E-state index in [0.29, 0.717) is 5.56 Å². The quantitative estimate of drug-likeness (QED) is 0.920. The van der Waals surface area contributed by atoms with Gasteiger partial charge in [0.2, 0.25) is 11.8 Å². The first-order chi connectivity index (χ1) is 11.3. The van der Waals surface area contributed by atoms with E-state index in [9.17, 15) is 18.4 Å². The van der Waals surface area contributed by atoms with Crippen LogP contribution in [0.1, 0.15) is 18.1 Å². The predicted molar refractivity (Wildman–Crippen MR) is 83.6 cm³/mol. The minimum atomic E-state index is -1.41. The van der Waals surface area contributed by atoms with Gasteiger partial charge in [0, 0.05) is 5.56 Å². The Bertz CT molecular complexity index is 857. The van der Waals surface area contributed by atoms with Crippen LogP contribution in [0.3, 0.4) is 0 Å². The number of benzene rings is 1. The summed E-state index contributed by atoms with van der Waals surface area (Å²) in [4.78, 5) is 29.2. The maximum Gasteiger partial charge on any atom is 0.243 e. The number of hydrogen-bond acceptors (Lipinski definition) is 3. The SMILES string of the molecule is C[C@]1(c2ccc(F)cc2)C(=O)N(CC(N)=O)c2ncc(F)c(Cl)c21. The van der Waals surface area contributed by atoms with E-state index in [4.69, 9.17) is 17.3 Å². The van der Waals surface area contributed by atoms with Crippen LogP contribution < -0.4 is 10.6 Å². The number of primary amides is 1. The fourth-order valence-electron chi connectivity index (χ4n) is 2.93. The Morgan fingerprint density at radius 3 is 2.54 bits per heavy atom. The Morgan fingerprint density at radius 1 is 1.33 bits per heavy atom. The lowest BCUT2D eigenvalue weighted by Gasteiger charge is -2.24. The molecule has 2 amide bonds. The van der Waals surface area contributed by atoms with Gasteiger partial charge < -0.3 is 5.73 Å². The van der Waals surface area contributed by atoms with E-state index in [-0.39, 0.29) is 16.4 Å². The summed E-state index contributed by atoms with van der Waals surface area (Å²) in [7, 11) is 0. The molecule has 2 N–H and O–H groups in total. The molecule has 0 saturated heterocycles. The van der Waals surface area contributed by atoms with E-state index in [1.54, 1.807) is 0 Å². The highest BCUT2D eigenvalue weighted by Crippen LogP contribution is 2.48. The number of halogens is 3. The van der Waals surface area contributed by atoms with Crippen molar-refractivity contribution in [3.8, 4) is 0 Å². The minimum absolute atomic E-state index is 0.0667. The maximum absolute atomic E-state index is 13.9. The molecular formula is C16H12ClF2N3O2. The molecule has 24 heavy (non-hydrogen) atoms. The molecular weight excluding hydrogens is 340 g/mol. The van der Waals surface area contributed by atoms with Crippen LogP contribution in [0, 0.1) is 11.6 Å². The van der Waals surface area contributed by atoms with E-state index in [0.717, 1.165) is 11.1 Å². The molecule has 1 atom stereocenters. The number of hydrogen-bond donors (Lipinski definition) is 1. The third-order valence-electron chi connectivity index (χ3n) is 4.12. The Labute approximate surface area is 141 Å². The van der Waals surface area contributed by atoms with Crippen molar-refractivity contribution in [3.63, 3.8) is 0 Å². The van der Waals surface area contributed by atoms with Gasteiger partial charge in [0.15, 0.2) is 5.82 Å². The summed E-state index contributed by atoms with van der Waals surface area (Å²) in [6, 6.07) is 5.19. The molecule has 1 aromatic heterocycles. The van der Waals surface area contributed by atoms with Crippen LogP contribution in [0.4, 0.5) is 14.6 Å². The molecule has 0 bridgehead atoms. The Balaban J connectivity index is 2.28. The number of amides is 2. The predicted octanol–water partition coefficient (Wildman–Crippen LogP) is 2.15. The summed E-state index contributed by atoms with van der Waals surface area (Å²) >= 11 is 6.09.